The van der Waals surface area contributed by atoms with Crippen LogP contribution in [0.4, 0.5) is 0 Å². The van der Waals surface area contributed by atoms with E-state index in [9.17, 15) is 4.79 Å². The Morgan fingerprint density at radius 3 is 2.57 bits per heavy atom. The number of nitrogens with zero attached hydrogens (tertiary/aromatic N) is 1. The van der Waals surface area contributed by atoms with Gasteiger partial charge in [0.15, 0.2) is 0 Å². The zero-order valence-corrected chi connectivity index (χ0v) is 16.2. The van der Waals surface area contributed by atoms with E-state index in [-0.39, 0.29) is 11.9 Å². The minimum Gasteiger partial charge on any atom is -0.488 e. The van der Waals surface area contributed by atoms with Crippen LogP contribution in [0.25, 0.3) is 10.8 Å². The lowest BCUT2D eigenvalue weighted by Gasteiger charge is -2.23. The lowest BCUT2D eigenvalue weighted by atomic mass is 10.0. The summed E-state index contributed by atoms with van der Waals surface area (Å²) in [5.41, 5.74) is 2.24. The third-order valence-electron chi connectivity index (χ3n) is 5.20. The average molecular weight is 380 g/mol. The Labute approximate surface area is 163 Å². The SMILES string of the molecule is Cc1noc(C)c1COc1cc2ccccc2cc1C(=O)NC1CCOCC1. The number of ether oxygens (including phenoxy) is 2. The molecule has 1 aliphatic rings. The molecule has 1 saturated heterocycles. The molecule has 2 aromatic carbocycles. The molecule has 0 atom stereocenters. The lowest BCUT2D eigenvalue weighted by molar-refractivity contribution is 0.0695. The van der Waals surface area contributed by atoms with Gasteiger partial charge in [-0.2, -0.15) is 0 Å². The van der Waals surface area contributed by atoms with Crippen molar-refractivity contribution in [3.63, 3.8) is 0 Å². The van der Waals surface area contributed by atoms with Gasteiger partial charge in [-0.3, -0.25) is 4.79 Å². The molecule has 1 aliphatic heterocycles. The zero-order chi connectivity index (χ0) is 19.5. The number of hydrogen-bond donors (Lipinski definition) is 1. The van der Waals surface area contributed by atoms with Crippen molar-refractivity contribution in [2.45, 2.75) is 39.3 Å². The monoisotopic (exact) mass is 380 g/mol. The maximum atomic E-state index is 13.0. The minimum absolute atomic E-state index is 0.119. The van der Waals surface area contributed by atoms with Crippen molar-refractivity contribution in [3.8, 4) is 5.75 Å². The quantitative estimate of drug-likeness (QED) is 0.726. The number of carbonyl (C=O) groups excluding carboxylic acids is 1. The molecule has 2 heterocycles. The molecule has 0 aliphatic carbocycles. The Bertz CT molecular complexity index is 970. The van der Waals surface area contributed by atoms with Crippen LogP contribution in [-0.2, 0) is 11.3 Å². The Morgan fingerprint density at radius 2 is 1.89 bits per heavy atom. The topological polar surface area (TPSA) is 73.6 Å². The molecule has 1 fully saturated rings. The fourth-order valence-corrected chi connectivity index (χ4v) is 3.48. The summed E-state index contributed by atoms with van der Waals surface area (Å²) < 4.78 is 16.7. The number of benzene rings is 2. The average Bonchev–Trinajstić information content (AvgIpc) is 3.04. The van der Waals surface area contributed by atoms with Crippen LogP contribution >= 0.6 is 0 Å². The smallest absolute Gasteiger partial charge is 0.255 e. The van der Waals surface area contributed by atoms with Gasteiger partial charge in [-0.1, -0.05) is 29.4 Å². The largest absolute Gasteiger partial charge is 0.488 e. The summed E-state index contributed by atoms with van der Waals surface area (Å²) in [6, 6.07) is 11.9. The first-order chi connectivity index (χ1) is 13.6. The van der Waals surface area contributed by atoms with Crippen LogP contribution in [0.15, 0.2) is 40.9 Å². The van der Waals surface area contributed by atoms with E-state index in [4.69, 9.17) is 14.0 Å². The van der Waals surface area contributed by atoms with Crippen LogP contribution in [0.5, 0.6) is 5.75 Å². The Morgan fingerprint density at radius 1 is 1.18 bits per heavy atom. The number of hydrogen-bond acceptors (Lipinski definition) is 5. The van der Waals surface area contributed by atoms with E-state index in [1.165, 1.54) is 0 Å². The molecule has 0 radical (unpaired) electrons. The molecule has 0 saturated carbocycles. The summed E-state index contributed by atoms with van der Waals surface area (Å²) >= 11 is 0. The molecular weight excluding hydrogens is 356 g/mol. The summed E-state index contributed by atoms with van der Waals surface area (Å²) in [7, 11) is 0. The number of fused-ring (bicyclic) bond motifs is 1. The Kier molecular flexibility index (Phi) is 5.30. The highest BCUT2D eigenvalue weighted by Gasteiger charge is 2.21. The van der Waals surface area contributed by atoms with E-state index in [0.717, 1.165) is 40.6 Å². The third-order valence-corrected chi connectivity index (χ3v) is 5.20. The molecule has 0 unspecified atom stereocenters. The number of aromatic nitrogens is 1. The van der Waals surface area contributed by atoms with Gasteiger partial charge in [-0.05, 0) is 49.6 Å². The van der Waals surface area contributed by atoms with Gasteiger partial charge in [0.1, 0.15) is 18.1 Å². The number of rotatable bonds is 5. The fourth-order valence-electron chi connectivity index (χ4n) is 3.48. The second kappa shape index (κ2) is 8.02. The van der Waals surface area contributed by atoms with Crippen molar-refractivity contribution in [2.75, 3.05) is 13.2 Å². The van der Waals surface area contributed by atoms with Gasteiger partial charge in [0.25, 0.3) is 5.91 Å². The number of nitrogens with one attached hydrogen (secondary N) is 1. The van der Waals surface area contributed by atoms with Crippen molar-refractivity contribution in [1.29, 1.82) is 0 Å². The van der Waals surface area contributed by atoms with Crippen LogP contribution in [0.1, 0.15) is 40.2 Å². The van der Waals surface area contributed by atoms with E-state index >= 15 is 0 Å². The van der Waals surface area contributed by atoms with Gasteiger partial charge in [0, 0.05) is 19.3 Å². The van der Waals surface area contributed by atoms with Crippen LogP contribution in [0.3, 0.4) is 0 Å². The van der Waals surface area contributed by atoms with Crippen LogP contribution in [0.2, 0.25) is 0 Å². The normalized spacial score (nSPS) is 14.9. The standard InChI is InChI=1S/C22H24N2O4/c1-14-20(15(2)28-24-14)13-27-21-12-17-6-4-3-5-16(17)11-19(21)22(25)23-18-7-9-26-10-8-18/h3-6,11-12,18H,7-10,13H2,1-2H3,(H,23,25). The fraction of sp³-hybridized carbons (Fsp3) is 0.364. The van der Waals surface area contributed by atoms with E-state index in [1.807, 2.05) is 50.2 Å². The van der Waals surface area contributed by atoms with E-state index in [0.29, 0.717) is 31.1 Å². The van der Waals surface area contributed by atoms with Crippen molar-refractivity contribution in [1.82, 2.24) is 10.5 Å². The molecule has 1 amide bonds. The minimum atomic E-state index is -0.119. The van der Waals surface area contributed by atoms with Crippen molar-refractivity contribution in [2.24, 2.45) is 0 Å². The van der Waals surface area contributed by atoms with Gasteiger partial charge < -0.3 is 19.3 Å². The first kappa shape index (κ1) is 18.5. The number of amides is 1. The molecule has 6 heteroatoms. The maximum absolute atomic E-state index is 13.0. The Balaban J connectivity index is 1.63. The molecule has 28 heavy (non-hydrogen) atoms. The van der Waals surface area contributed by atoms with Crippen LogP contribution in [0, 0.1) is 13.8 Å². The van der Waals surface area contributed by atoms with E-state index in [2.05, 4.69) is 10.5 Å². The lowest BCUT2D eigenvalue weighted by Crippen LogP contribution is -2.39. The van der Waals surface area contributed by atoms with Gasteiger partial charge >= 0.3 is 0 Å². The molecule has 0 bridgehead atoms. The first-order valence-corrected chi connectivity index (χ1v) is 9.58. The van der Waals surface area contributed by atoms with E-state index < -0.39 is 0 Å². The maximum Gasteiger partial charge on any atom is 0.255 e. The summed E-state index contributed by atoms with van der Waals surface area (Å²) in [5.74, 6) is 1.17. The predicted octanol–water partition coefficient (Wildman–Crippen LogP) is 3.93. The second-order valence-electron chi connectivity index (χ2n) is 7.15. The summed E-state index contributed by atoms with van der Waals surface area (Å²) in [5, 5.41) is 9.12. The first-order valence-electron chi connectivity index (χ1n) is 9.58. The highest BCUT2D eigenvalue weighted by Crippen LogP contribution is 2.28. The molecule has 0 spiro atoms. The molecule has 146 valence electrons. The van der Waals surface area contributed by atoms with Crippen LogP contribution < -0.4 is 10.1 Å². The summed E-state index contributed by atoms with van der Waals surface area (Å²) in [6.45, 7) is 5.40. The summed E-state index contributed by atoms with van der Waals surface area (Å²) in [6.07, 6.45) is 1.66. The highest BCUT2D eigenvalue weighted by molar-refractivity contribution is 6.01. The molecule has 4 rings (SSSR count). The van der Waals surface area contributed by atoms with Crippen molar-refractivity contribution in [3.05, 3.63) is 59.0 Å². The molecule has 1 N–H and O–H groups in total. The van der Waals surface area contributed by atoms with Gasteiger partial charge in [-0.25, -0.2) is 0 Å². The molecule has 1 aromatic heterocycles. The van der Waals surface area contributed by atoms with E-state index in [1.54, 1.807) is 0 Å². The van der Waals surface area contributed by atoms with Crippen molar-refractivity contribution < 1.29 is 18.8 Å². The van der Waals surface area contributed by atoms with Gasteiger partial charge in [-0.15, -0.1) is 0 Å². The number of aryl methyl sites for hydroxylation is 2. The van der Waals surface area contributed by atoms with Gasteiger partial charge in [0.05, 0.1) is 16.8 Å². The highest BCUT2D eigenvalue weighted by atomic mass is 16.5. The molecule has 3 aromatic rings. The second-order valence-corrected chi connectivity index (χ2v) is 7.15. The molecular formula is C22H24N2O4. The predicted molar refractivity (Wildman–Crippen MR) is 106 cm³/mol. The van der Waals surface area contributed by atoms with Crippen molar-refractivity contribution >= 4 is 16.7 Å². The Hall–Kier alpha value is -2.86. The number of carbonyl (C=O) groups is 1. The zero-order valence-electron chi connectivity index (χ0n) is 16.2. The van der Waals surface area contributed by atoms with Gasteiger partial charge in [0.2, 0.25) is 0 Å². The summed E-state index contributed by atoms with van der Waals surface area (Å²) in [4.78, 5) is 13.0. The third kappa shape index (κ3) is 3.87. The molecule has 6 nitrogen and oxygen atoms in total. The van der Waals surface area contributed by atoms with Crippen LogP contribution in [-0.4, -0.2) is 30.3 Å².